The molecule has 0 aliphatic carbocycles. The van der Waals surface area contributed by atoms with E-state index in [1.807, 2.05) is 0 Å². The summed E-state index contributed by atoms with van der Waals surface area (Å²) < 4.78 is 0. The van der Waals surface area contributed by atoms with Gasteiger partial charge in [-0.3, -0.25) is 4.79 Å². The number of halogens is 2. The number of carbonyl (C=O) groups excluding carboxylic acids is 1. The standard InChI is InChI=1S/C13H13Cl2NO3/c1-13(2,12(18)19)16-11(17)4-3-8-5-9(14)7-10(15)6-8/h3-7H,1-2H3,(H,16,17)(H,18,19)/b4-3+. The average Bonchev–Trinajstić information content (AvgIpc) is 2.24. The molecule has 0 saturated carbocycles. The molecule has 0 aromatic heterocycles. The smallest absolute Gasteiger partial charge is 0.328 e. The number of benzene rings is 1. The van der Waals surface area contributed by atoms with Crippen molar-refractivity contribution in [2.75, 3.05) is 0 Å². The lowest BCUT2D eigenvalue weighted by Gasteiger charge is -2.19. The van der Waals surface area contributed by atoms with Crippen molar-refractivity contribution in [1.29, 1.82) is 0 Å². The highest BCUT2D eigenvalue weighted by Crippen LogP contribution is 2.19. The van der Waals surface area contributed by atoms with Crippen LogP contribution in [0, 0.1) is 0 Å². The van der Waals surface area contributed by atoms with Crippen molar-refractivity contribution in [3.05, 3.63) is 39.9 Å². The quantitative estimate of drug-likeness (QED) is 0.840. The number of nitrogens with one attached hydrogen (secondary N) is 1. The maximum atomic E-state index is 11.6. The third-order valence-corrected chi connectivity index (χ3v) is 2.72. The molecule has 19 heavy (non-hydrogen) atoms. The first-order valence-electron chi connectivity index (χ1n) is 5.40. The van der Waals surface area contributed by atoms with E-state index in [0.717, 1.165) is 0 Å². The second kappa shape index (κ2) is 6.08. The highest BCUT2D eigenvalue weighted by atomic mass is 35.5. The zero-order valence-electron chi connectivity index (χ0n) is 10.4. The van der Waals surface area contributed by atoms with Gasteiger partial charge in [0.05, 0.1) is 0 Å². The molecule has 1 aromatic carbocycles. The van der Waals surface area contributed by atoms with E-state index >= 15 is 0 Å². The van der Waals surface area contributed by atoms with Gasteiger partial charge in [0.15, 0.2) is 0 Å². The van der Waals surface area contributed by atoms with Gasteiger partial charge in [-0.1, -0.05) is 23.2 Å². The van der Waals surface area contributed by atoms with Gasteiger partial charge in [-0.15, -0.1) is 0 Å². The minimum Gasteiger partial charge on any atom is -0.480 e. The molecule has 2 N–H and O–H groups in total. The van der Waals surface area contributed by atoms with Crippen molar-refractivity contribution in [1.82, 2.24) is 5.32 Å². The molecule has 0 spiro atoms. The Kier molecular flexibility index (Phi) is 4.97. The molecule has 0 aliphatic rings. The molecule has 1 rings (SSSR count). The summed E-state index contributed by atoms with van der Waals surface area (Å²) >= 11 is 11.6. The van der Waals surface area contributed by atoms with Gasteiger partial charge >= 0.3 is 5.97 Å². The first-order chi connectivity index (χ1) is 8.70. The van der Waals surface area contributed by atoms with Crippen molar-refractivity contribution < 1.29 is 14.7 Å². The van der Waals surface area contributed by atoms with Crippen LogP contribution in [-0.4, -0.2) is 22.5 Å². The Hall–Kier alpha value is -1.52. The predicted molar refractivity (Wildman–Crippen MR) is 75.4 cm³/mol. The molecular formula is C13H13Cl2NO3. The fourth-order valence-corrected chi connectivity index (χ4v) is 1.79. The molecule has 0 radical (unpaired) electrons. The number of carboxylic acid groups (broad SMARTS) is 1. The van der Waals surface area contributed by atoms with E-state index in [9.17, 15) is 9.59 Å². The normalized spacial score (nSPS) is 11.6. The second-order valence-corrected chi connectivity index (χ2v) is 5.33. The average molecular weight is 302 g/mol. The lowest BCUT2D eigenvalue weighted by Crippen LogP contribution is -2.49. The zero-order valence-corrected chi connectivity index (χ0v) is 11.9. The van der Waals surface area contributed by atoms with Crippen molar-refractivity contribution in [3.63, 3.8) is 0 Å². The van der Waals surface area contributed by atoms with Gasteiger partial charge < -0.3 is 10.4 Å². The topological polar surface area (TPSA) is 66.4 Å². The lowest BCUT2D eigenvalue weighted by molar-refractivity contribution is -0.145. The summed E-state index contributed by atoms with van der Waals surface area (Å²) in [5.41, 5.74) is -0.672. The highest BCUT2D eigenvalue weighted by molar-refractivity contribution is 6.34. The number of rotatable bonds is 4. The van der Waals surface area contributed by atoms with Crippen LogP contribution >= 0.6 is 23.2 Å². The number of aliphatic carboxylic acids is 1. The third-order valence-electron chi connectivity index (χ3n) is 2.28. The van der Waals surface area contributed by atoms with E-state index in [-0.39, 0.29) is 0 Å². The van der Waals surface area contributed by atoms with Gasteiger partial charge in [0.25, 0.3) is 0 Å². The SMILES string of the molecule is CC(C)(NC(=O)/C=C/c1cc(Cl)cc(Cl)c1)C(=O)O. The van der Waals surface area contributed by atoms with Crippen LogP contribution in [0.5, 0.6) is 0 Å². The van der Waals surface area contributed by atoms with Crippen LogP contribution in [0.15, 0.2) is 24.3 Å². The number of hydrogen-bond acceptors (Lipinski definition) is 2. The summed E-state index contributed by atoms with van der Waals surface area (Å²) in [7, 11) is 0. The van der Waals surface area contributed by atoms with Crippen LogP contribution in [0.25, 0.3) is 6.08 Å². The Morgan fingerprint density at radius 1 is 1.21 bits per heavy atom. The molecule has 0 fully saturated rings. The van der Waals surface area contributed by atoms with Crippen molar-refractivity contribution >= 4 is 41.2 Å². The van der Waals surface area contributed by atoms with Gasteiger partial charge in [0.1, 0.15) is 5.54 Å². The van der Waals surface area contributed by atoms with Crippen molar-refractivity contribution in [2.45, 2.75) is 19.4 Å². The number of carboxylic acids is 1. The van der Waals surface area contributed by atoms with Gasteiger partial charge in [0.2, 0.25) is 5.91 Å². The molecule has 0 unspecified atom stereocenters. The Balaban J connectivity index is 2.76. The second-order valence-electron chi connectivity index (χ2n) is 4.46. The van der Waals surface area contributed by atoms with Crippen LogP contribution in [-0.2, 0) is 9.59 Å². The van der Waals surface area contributed by atoms with Crippen LogP contribution in [0.2, 0.25) is 10.0 Å². The van der Waals surface area contributed by atoms with Crippen LogP contribution in [0.3, 0.4) is 0 Å². The molecule has 1 amide bonds. The fourth-order valence-electron chi connectivity index (χ4n) is 1.25. The number of carbonyl (C=O) groups is 2. The van der Waals surface area contributed by atoms with E-state index in [1.165, 1.54) is 26.0 Å². The van der Waals surface area contributed by atoms with E-state index in [0.29, 0.717) is 15.6 Å². The van der Waals surface area contributed by atoms with Gasteiger partial charge in [-0.2, -0.15) is 0 Å². The molecule has 0 bridgehead atoms. The van der Waals surface area contributed by atoms with Gasteiger partial charge in [0, 0.05) is 16.1 Å². The zero-order chi connectivity index (χ0) is 14.6. The molecule has 0 aliphatic heterocycles. The van der Waals surface area contributed by atoms with E-state index in [1.54, 1.807) is 18.2 Å². The molecule has 4 nitrogen and oxygen atoms in total. The maximum Gasteiger partial charge on any atom is 0.328 e. The highest BCUT2D eigenvalue weighted by Gasteiger charge is 2.27. The molecule has 1 aromatic rings. The Morgan fingerprint density at radius 2 is 1.74 bits per heavy atom. The minimum absolute atomic E-state index is 0.457. The monoisotopic (exact) mass is 301 g/mol. The Labute approximate surface area is 121 Å². The Bertz CT molecular complexity index is 518. The van der Waals surface area contributed by atoms with Crippen molar-refractivity contribution in [2.24, 2.45) is 0 Å². The van der Waals surface area contributed by atoms with E-state index < -0.39 is 17.4 Å². The molecule has 6 heteroatoms. The maximum absolute atomic E-state index is 11.6. The summed E-state index contributed by atoms with van der Waals surface area (Å²) in [5, 5.41) is 12.2. The summed E-state index contributed by atoms with van der Waals surface area (Å²) in [6.07, 6.45) is 2.73. The third kappa shape index (κ3) is 4.93. The minimum atomic E-state index is -1.33. The summed E-state index contributed by atoms with van der Waals surface area (Å²) in [5.74, 6) is -1.62. The predicted octanol–water partition coefficient (Wildman–Crippen LogP) is 2.99. The van der Waals surface area contributed by atoms with Crippen LogP contribution in [0.1, 0.15) is 19.4 Å². The van der Waals surface area contributed by atoms with E-state index in [2.05, 4.69) is 5.32 Å². The fraction of sp³-hybridized carbons (Fsp3) is 0.231. The number of hydrogen-bond donors (Lipinski definition) is 2. The van der Waals surface area contributed by atoms with Gasteiger partial charge in [-0.05, 0) is 43.7 Å². The lowest BCUT2D eigenvalue weighted by atomic mass is 10.1. The molecule has 102 valence electrons. The van der Waals surface area contributed by atoms with Crippen LogP contribution < -0.4 is 5.32 Å². The summed E-state index contributed by atoms with van der Waals surface area (Å²) in [6, 6.07) is 4.85. The summed E-state index contributed by atoms with van der Waals surface area (Å²) in [6.45, 7) is 2.80. The van der Waals surface area contributed by atoms with Crippen LogP contribution in [0.4, 0.5) is 0 Å². The Morgan fingerprint density at radius 3 is 2.21 bits per heavy atom. The largest absolute Gasteiger partial charge is 0.480 e. The molecule has 0 saturated heterocycles. The first-order valence-corrected chi connectivity index (χ1v) is 6.16. The molecule has 0 heterocycles. The first kappa shape index (κ1) is 15.5. The summed E-state index contributed by atoms with van der Waals surface area (Å²) in [4.78, 5) is 22.4. The van der Waals surface area contributed by atoms with E-state index in [4.69, 9.17) is 28.3 Å². The molecular weight excluding hydrogens is 289 g/mol. The number of amides is 1. The molecule has 0 atom stereocenters. The van der Waals surface area contributed by atoms with Crippen molar-refractivity contribution in [3.8, 4) is 0 Å². The van der Waals surface area contributed by atoms with Gasteiger partial charge in [-0.25, -0.2) is 4.79 Å².